The van der Waals surface area contributed by atoms with Crippen molar-refractivity contribution in [1.82, 2.24) is 4.31 Å². The van der Waals surface area contributed by atoms with Gasteiger partial charge in [-0.15, -0.1) is 0 Å². The number of hydrogen-bond donors (Lipinski definition) is 1. The summed E-state index contributed by atoms with van der Waals surface area (Å²) in [4.78, 5) is 0.193. The average Bonchev–Trinajstić information content (AvgIpc) is 2.76. The minimum absolute atomic E-state index is 0.0917. The fourth-order valence-electron chi connectivity index (χ4n) is 1.98. The molecule has 1 aliphatic heterocycles. The van der Waals surface area contributed by atoms with Crippen LogP contribution in [0.3, 0.4) is 0 Å². The van der Waals surface area contributed by atoms with Crippen molar-refractivity contribution in [2.24, 2.45) is 5.73 Å². The van der Waals surface area contributed by atoms with Gasteiger partial charge in [0.15, 0.2) is 9.84 Å². The number of rotatable bonds is 3. The van der Waals surface area contributed by atoms with Crippen LogP contribution < -0.4 is 5.73 Å². The Balaban J connectivity index is 2.32. The Morgan fingerprint density at radius 2 is 1.63 bits per heavy atom. The van der Waals surface area contributed by atoms with Crippen molar-refractivity contribution >= 4 is 19.9 Å². The predicted octanol–water partition coefficient (Wildman–Crippen LogP) is -0.188. The molecule has 0 aliphatic carbocycles. The van der Waals surface area contributed by atoms with E-state index >= 15 is 0 Å². The Labute approximate surface area is 113 Å². The number of sulfone groups is 1. The van der Waals surface area contributed by atoms with Gasteiger partial charge in [-0.05, 0) is 30.7 Å². The lowest BCUT2D eigenvalue weighted by Crippen LogP contribution is -2.31. The number of nitrogens with two attached hydrogens (primary N) is 1. The maximum atomic E-state index is 12.3. The Morgan fingerprint density at radius 3 is 2.05 bits per heavy atom. The van der Waals surface area contributed by atoms with Gasteiger partial charge in [0.1, 0.15) is 0 Å². The molecule has 1 atom stereocenters. The van der Waals surface area contributed by atoms with Gasteiger partial charge in [0.05, 0.1) is 9.79 Å². The lowest BCUT2D eigenvalue weighted by atomic mass is 10.3. The second kappa shape index (κ2) is 4.86. The van der Waals surface area contributed by atoms with Crippen molar-refractivity contribution in [3.8, 4) is 0 Å². The van der Waals surface area contributed by atoms with Gasteiger partial charge < -0.3 is 5.73 Å². The van der Waals surface area contributed by atoms with Crippen LogP contribution in [0.4, 0.5) is 0 Å². The summed E-state index contributed by atoms with van der Waals surface area (Å²) < 4.78 is 48.5. The predicted molar refractivity (Wildman–Crippen MR) is 70.9 cm³/mol. The SMILES string of the molecule is CS(=O)(=O)c1ccc(S(=O)(=O)N2CCC(N)C2)cc1. The smallest absolute Gasteiger partial charge is 0.243 e. The molecular formula is C11H16N2O4S2. The van der Waals surface area contributed by atoms with Gasteiger partial charge in [0.2, 0.25) is 10.0 Å². The first-order valence-corrected chi connectivity index (χ1v) is 9.10. The lowest BCUT2D eigenvalue weighted by Gasteiger charge is -2.16. The van der Waals surface area contributed by atoms with Crippen molar-refractivity contribution in [3.63, 3.8) is 0 Å². The van der Waals surface area contributed by atoms with Crippen LogP contribution >= 0.6 is 0 Å². The molecule has 1 fully saturated rings. The molecule has 0 radical (unpaired) electrons. The van der Waals surface area contributed by atoms with Gasteiger partial charge in [0, 0.05) is 25.4 Å². The van der Waals surface area contributed by atoms with Crippen LogP contribution in [0.1, 0.15) is 6.42 Å². The van der Waals surface area contributed by atoms with E-state index < -0.39 is 19.9 Å². The summed E-state index contributed by atoms with van der Waals surface area (Å²) in [5, 5.41) is 0. The highest BCUT2D eigenvalue weighted by atomic mass is 32.2. The van der Waals surface area contributed by atoms with Crippen LogP contribution in [0, 0.1) is 0 Å². The molecule has 1 aromatic rings. The molecule has 0 bridgehead atoms. The van der Waals surface area contributed by atoms with Gasteiger partial charge in [0.25, 0.3) is 0 Å². The van der Waals surface area contributed by atoms with E-state index in [0.717, 1.165) is 6.26 Å². The van der Waals surface area contributed by atoms with E-state index in [9.17, 15) is 16.8 Å². The third kappa shape index (κ3) is 2.97. The van der Waals surface area contributed by atoms with Gasteiger partial charge in [-0.25, -0.2) is 16.8 Å². The van der Waals surface area contributed by atoms with Crippen molar-refractivity contribution < 1.29 is 16.8 Å². The molecule has 8 heteroatoms. The zero-order valence-electron chi connectivity index (χ0n) is 10.5. The third-order valence-electron chi connectivity index (χ3n) is 3.08. The number of sulfonamides is 1. The first-order chi connectivity index (χ1) is 8.71. The van der Waals surface area contributed by atoms with Crippen LogP contribution in [0.15, 0.2) is 34.1 Å². The van der Waals surface area contributed by atoms with Gasteiger partial charge in [-0.1, -0.05) is 0 Å². The van der Waals surface area contributed by atoms with Crippen molar-refractivity contribution in [3.05, 3.63) is 24.3 Å². The van der Waals surface area contributed by atoms with Crippen LogP contribution in [0.2, 0.25) is 0 Å². The number of nitrogens with zero attached hydrogens (tertiary/aromatic N) is 1. The molecule has 0 saturated carbocycles. The molecule has 1 unspecified atom stereocenters. The first-order valence-electron chi connectivity index (χ1n) is 5.77. The third-order valence-corrected chi connectivity index (χ3v) is 6.08. The summed E-state index contributed by atoms with van der Waals surface area (Å²) in [6.07, 6.45) is 1.72. The minimum Gasteiger partial charge on any atom is -0.326 e. The second-order valence-electron chi connectivity index (χ2n) is 4.66. The van der Waals surface area contributed by atoms with Crippen LogP contribution in [-0.2, 0) is 19.9 Å². The summed E-state index contributed by atoms with van der Waals surface area (Å²) in [6.45, 7) is 0.702. The van der Waals surface area contributed by atoms with Gasteiger partial charge in [-0.2, -0.15) is 4.31 Å². The van der Waals surface area contributed by atoms with Crippen molar-refractivity contribution in [2.75, 3.05) is 19.3 Å². The summed E-state index contributed by atoms with van der Waals surface area (Å²) in [5.41, 5.74) is 5.70. The molecule has 2 N–H and O–H groups in total. The molecule has 106 valence electrons. The van der Waals surface area contributed by atoms with E-state index in [0.29, 0.717) is 19.5 Å². The molecule has 0 amide bonds. The van der Waals surface area contributed by atoms with E-state index in [-0.39, 0.29) is 15.8 Å². The fraction of sp³-hybridized carbons (Fsp3) is 0.455. The highest BCUT2D eigenvalue weighted by Crippen LogP contribution is 2.21. The largest absolute Gasteiger partial charge is 0.326 e. The van der Waals surface area contributed by atoms with Crippen LogP contribution in [0.25, 0.3) is 0 Å². The molecule has 1 aromatic carbocycles. The number of benzene rings is 1. The van der Waals surface area contributed by atoms with E-state index in [4.69, 9.17) is 5.73 Å². The van der Waals surface area contributed by atoms with E-state index in [2.05, 4.69) is 0 Å². The molecule has 6 nitrogen and oxygen atoms in total. The zero-order valence-corrected chi connectivity index (χ0v) is 12.1. The molecule has 0 spiro atoms. The highest BCUT2D eigenvalue weighted by Gasteiger charge is 2.30. The molecule has 1 heterocycles. The van der Waals surface area contributed by atoms with Gasteiger partial charge >= 0.3 is 0 Å². The molecular weight excluding hydrogens is 288 g/mol. The Bertz CT molecular complexity index is 665. The standard InChI is InChI=1S/C11H16N2O4S2/c1-18(14,15)10-2-4-11(5-3-10)19(16,17)13-7-6-9(12)8-13/h2-5,9H,6-8,12H2,1H3. The molecule has 2 rings (SSSR count). The molecule has 0 aromatic heterocycles. The topological polar surface area (TPSA) is 97.5 Å². The fourth-order valence-corrected chi connectivity index (χ4v) is 4.12. The van der Waals surface area contributed by atoms with E-state index in [1.165, 1.54) is 28.6 Å². The highest BCUT2D eigenvalue weighted by molar-refractivity contribution is 7.90. The average molecular weight is 304 g/mol. The van der Waals surface area contributed by atoms with E-state index in [1.807, 2.05) is 0 Å². The second-order valence-corrected chi connectivity index (χ2v) is 8.61. The minimum atomic E-state index is -3.58. The van der Waals surface area contributed by atoms with Crippen LogP contribution in [0.5, 0.6) is 0 Å². The van der Waals surface area contributed by atoms with Crippen LogP contribution in [-0.4, -0.2) is 46.5 Å². The normalized spacial score (nSPS) is 21.7. The van der Waals surface area contributed by atoms with Crippen molar-refractivity contribution in [1.29, 1.82) is 0 Å². The molecule has 1 aliphatic rings. The monoisotopic (exact) mass is 304 g/mol. The Morgan fingerprint density at radius 1 is 1.11 bits per heavy atom. The molecule has 19 heavy (non-hydrogen) atoms. The van der Waals surface area contributed by atoms with E-state index in [1.54, 1.807) is 0 Å². The quantitative estimate of drug-likeness (QED) is 0.835. The molecule has 1 saturated heterocycles. The Kier molecular flexibility index (Phi) is 3.69. The number of hydrogen-bond acceptors (Lipinski definition) is 5. The zero-order chi connectivity index (χ0) is 14.3. The van der Waals surface area contributed by atoms with Gasteiger partial charge in [-0.3, -0.25) is 0 Å². The Hall–Kier alpha value is -0.960. The summed E-state index contributed by atoms with van der Waals surface area (Å²) in [6, 6.07) is 5.10. The summed E-state index contributed by atoms with van der Waals surface area (Å²) in [5.74, 6) is 0. The lowest BCUT2D eigenvalue weighted by molar-refractivity contribution is 0.472. The maximum Gasteiger partial charge on any atom is 0.243 e. The maximum absolute atomic E-state index is 12.3. The summed E-state index contributed by atoms with van der Waals surface area (Å²) >= 11 is 0. The first kappa shape index (κ1) is 14.4. The van der Waals surface area contributed by atoms with Crippen molar-refractivity contribution in [2.45, 2.75) is 22.3 Å². The summed E-state index contributed by atoms with van der Waals surface area (Å²) in [7, 11) is -6.90.